The second-order valence-corrected chi connectivity index (χ2v) is 19.2. The van der Waals surface area contributed by atoms with E-state index >= 15 is 8.78 Å². The number of ether oxygens (including phenoxy) is 1. The zero-order valence-corrected chi connectivity index (χ0v) is 39.3. The Bertz CT molecular complexity index is 2510. The quantitative estimate of drug-likeness (QED) is 0.0839. The molecular formula is C45H44Cl4F7N3O6S. The van der Waals surface area contributed by atoms with Crippen molar-refractivity contribution < 1.29 is 57.7 Å². The molecule has 2 amide bonds. The topological polar surface area (TPSA) is 96.5 Å². The minimum absolute atomic E-state index is 0.0283. The minimum Gasteiger partial charge on any atom is -0.379 e. The van der Waals surface area contributed by atoms with Gasteiger partial charge in [0.05, 0.1) is 44.7 Å². The summed E-state index contributed by atoms with van der Waals surface area (Å²) in [5, 5.41) is 1.50. The van der Waals surface area contributed by atoms with Gasteiger partial charge < -0.3 is 14.5 Å². The number of morpholine rings is 1. The molecule has 0 N–H and O–H groups in total. The van der Waals surface area contributed by atoms with E-state index in [9.17, 15) is 40.0 Å². The van der Waals surface area contributed by atoms with Gasteiger partial charge in [-0.1, -0.05) is 94.9 Å². The maximum absolute atomic E-state index is 15.3. The van der Waals surface area contributed by atoms with Gasteiger partial charge in [0.25, 0.3) is 11.8 Å². The third-order valence-corrected chi connectivity index (χ3v) is 14.3. The van der Waals surface area contributed by atoms with Crippen molar-refractivity contribution in [3.05, 3.63) is 137 Å². The Morgan fingerprint density at radius 1 is 0.636 bits per heavy atom. The molecule has 7 rings (SSSR count). The molecule has 66 heavy (non-hydrogen) atoms. The number of carbonyl (C=O) groups is 2. The summed E-state index contributed by atoms with van der Waals surface area (Å²) in [6.45, 7) is 3.57. The molecule has 0 unspecified atom stereocenters. The zero-order valence-electron chi connectivity index (χ0n) is 35.4. The van der Waals surface area contributed by atoms with Gasteiger partial charge in [0.2, 0.25) is 11.8 Å². The van der Waals surface area contributed by atoms with E-state index in [1.165, 1.54) is 23.1 Å². The van der Waals surface area contributed by atoms with Gasteiger partial charge in [-0.3, -0.25) is 18.7 Å². The molecule has 0 aromatic heterocycles. The summed E-state index contributed by atoms with van der Waals surface area (Å²) in [5.41, 5.74) is -3.49. The molecule has 3 aliphatic heterocycles. The molecule has 0 bridgehead atoms. The molecule has 358 valence electrons. The van der Waals surface area contributed by atoms with Crippen molar-refractivity contribution in [3.8, 4) is 0 Å². The fourth-order valence-electron chi connectivity index (χ4n) is 8.43. The molecule has 2 atom stereocenters. The summed E-state index contributed by atoms with van der Waals surface area (Å²) in [6.07, 6.45) is 0.318. The van der Waals surface area contributed by atoms with Crippen LogP contribution in [0.5, 0.6) is 0 Å². The summed E-state index contributed by atoms with van der Waals surface area (Å²) in [5.74, 6) is -7.46. The number of benzene rings is 4. The predicted molar refractivity (Wildman–Crippen MR) is 237 cm³/mol. The van der Waals surface area contributed by atoms with Gasteiger partial charge >= 0.3 is 15.6 Å². The molecule has 3 aliphatic rings. The number of rotatable bonds is 11. The number of carbonyl (C=O) groups excluding carboxylic acids is 2. The highest BCUT2D eigenvalue weighted by atomic mass is 35.5. The highest BCUT2D eigenvalue weighted by Crippen LogP contribution is 2.42. The first-order chi connectivity index (χ1) is 30.9. The number of fused-ring (bicyclic) bond motifs is 2. The molecule has 1 fully saturated rings. The van der Waals surface area contributed by atoms with E-state index in [1.54, 1.807) is 59.2 Å². The van der Waals surface area contributed by atoms with E-state index < -0.39 is 45.7 Å². The fraction of sp³-hybridized carbons (Fsp3) is 0.422. The second kappa shape index (κ2) is 20.9. The van der Waals surface area contributed by atoms with Crippen molar-refractivity contribution in [3.63, 3.8) is 0 Å². The molecule has 0 aliphatic carbocycles. The molecule has 3 heterocycles. The number of halogens is 11. The van der Waals surface area contributed by atoms with Gasteiger partial charge in [0.15, 0.2) is 0 Å². The van der Waals surface area contributed by atoms with Gasteiger partial charge in [0, 0.05) is 57.4 Å². The third kappa shape index (κ3) is 11.6. The van der Waals surface area contributed by atoms with Crippen molar-refractivity contribution in [1.29, 1.82) is 0 Å². The first-order valence-corrected chi connectivity index (χ1v) is 23.6. The van der Waals surface area contributed by atoms with Crippen molar-refractivity contribution in [2.45, 2.75) is 69.0 Å². The van der Waals surface area contributed by atoms with Gasteiger partial charge in [-0.05, 0) is 84.3 Å². The van der Waals surface area contributed by atoms with Gasteiger partial charge in [0.1, 0.15) is 6.61 Å². The third-order valence-electron chi connectivity index (χ3n) is 11.9. The van der Waals surface area contributed by atoms with Crippen molar-refractivity contribution in [2.75, 3.05) is 52.5 Å². The Balaban J connectivity index is 0.000000219. The average molecular weight is 1030 g/mol. The molecule has 1 saturated heterocycles. The van der Waals surface area contributed by atoms with E-state index in [4.69, 9.17) is 51.1 Å². The Kier molecular flexibility index (Phi) is 16.4. The molecular weight excluding hydrogens is 985 g/mol. The number of hydrogen-bond acceptors (Lipinski definition) is 7. The minimum atomic E-state index is -6.18. The lowest BCUT2D eigenvalue weighted by atomic mass is 9.87. The Labute approximate surface area is 397 Å². The average Bonchev–Trinajstić information content (AvgIpc) is 3.25. The molecule has 0 saturated carbocycles. The maximum Gasteiger partial charge on any atom is 0.523 e. The van der Waals surface area contributed by atoms with E-state index in [2.05, 4.69) is 4.18 Å². The van der Waals surface area contributed by atoms with Crippen LogP contribution in [-0.2, 0) is 66.2 Å². The van der Waals surface area contributed by atoms with Crippen LogP contribution in [0.2, 0.25) is 20.1 Å². The van der Waals surface area contributed by atoms with Gasteiger partial charge in [-0.2, -0.15) is 39.2 Å². The maximum atomic E-state index is 15.3. The second-order valence-electron chi connectivity index (χ2n) is 16.0. The normalized spacial score (nSPS) is 18.3. The highest BCUT2D eigenvalue weighted by molar-refractivity contribution is 7.87. The zero-order chi connectivity index (χ0) is 48.4. The lowest BCUT2D eigenvalue weighted by molar-refractivity contribution is -0.133. The van der Waals surface area contributed by atoms with Gasteiger partial charge in [-0.15, -0.1) is 0 Å². The van der Waals surface area contributed by atoms with Crippen molar-refractivity contribution in [1.82, 2.24) is 14.7 Å². The monoisotopic (exact) mass is 1030 g/mol. The van der Waals surface area contributed by atoms with Crippen LogP contribution in [0.1, 0.15) is 70.4 Å². The lowest BCUT2D eigenvalue weighted by Gasteiger charge is -2.38. The molecule has 0 spiro atoms. The largest absolute Gasteiger partial charge is 0.523 e. The standard InChI is InChI=1S/C24H26Cl2F2N2O2.C21H18Cl2F5NO4S/c1-16-17-4-2-5-20(24(27,28)15-29-10-12-32-13-11-29)18(17)8-9-30(16)23(31)14-19-21(25)6-3-7-22(19)26;1-12-13-4-2-5-16(20(24,25)11-33-34(31,32)21(26,27)28)14(13)8-9-29(12)19(30)10-15-17(22)6-3-7-18(15)23/h2-7,16H,8-15H2,1H3;2-7,12H,8-11H2,1H3/t16-;12-/m00/s1. The number of alkyl halides is 7. The number of hydrogen-bond donors (Lipinski definition) is 0. The van der Waals surface area contributed by atoms with Crippen LogP contribution in [0.25, 0.3) is 0 Å². The van der Waals surface area contributed by atoms with Crippen molar-refractivity contribution >= 4 is 68.3 Å². The smallest absolute Gasteiger partial charge is 0.379 e. The van der Waals surface area contributed by atoms with Crippen LogP contribution in [0, 0.1) is 0 Å². The molecule has 21 heteroatoms. The summed E-state index contributed by atoms with van der Waals surface area (Å²) >= 11 is 24.7. The number of amides is 2. The fourth-order valence-corrected chi connectivity index (χ4v) is 9.93. The first kappa shape index (κ1) is 51.7. The Morgan fingerprint density at radius 2 is 1.03 bits per heavy atom. The van der Waals surface area contributed by atoms with E-state index in [0.717, 1.165) is 11.6 Å². The summed E-state index contributed by atoms with van der Waals surface area (Å²) < 4.78 is 128. The number of nitrogens with zero attached hydrogens (tertiary/aromatic N) is 3. The van der Waals surface area contributed by atoms with E-state index in [0.29, 0.717) is 81.6 Å². The van der Waals surface area contributed by atoms with Crippen LogP contribution in [0.3, 0.4) is 0 Å². The van der Waals surface area contributed by atoms with Crippen LogP contribution >= 0.6 is 46.4 Å². The predicted octanol–water partition coefficient (Wildman–Crippen LogP) is 10.7. The highest BCUT2D eigenvalue weighted by Gasteiger charge is 2.50. The molecule has 4 aromatic carbocycles. The van der Waals surface area contributed by atoms with E-state index in [1.807, 2.05) is 13.0 Å². The molecule has 4 aromatic rings. The summed E-state index contributed by atoms with van der Waals surface area (Å²) in [4.78, 5) is 31.0. The first-order valence-electron chi connectivity index (χ1n) is 20.6. The Hall–Kier alpha value is -3.68. The molecule has 0 radical (unpaired) electrons. The summed E-state index contributed by atoms with van der Waals surface area (Å²) in [6, 6.07) is 17.8. The Morgan fingerprint density at radius 3 is 1.44 bits per heavy atom. The van der Waals surface area contributed by atoms with Crippen LogP contribution in [0.4, 0.5) is 30.7 Å². The van der Waals surface area contributed by atoms with Crippen LogP contribution in [0.15, 0.2) is 72.8 Å². The summed E-state index contributed by atoms with van der Waals surface area (Å²) in [7, 11) is -6.18. The molecule has 9 nitrogen and oxygen atoms in total. The van der Waals surface area contributed by atoms with E-state index in [-0.39, 0.29) is 61.3 Å². The van der Waals surface area contributed by atoms with Crippen LogP contribution < -0.4 is 0 Å². The lowest BCUT2D eigenvalue weighted by Crippen LogP contribution is -2.44. The van der Waals surface area contributed by atoms with Crippen molar-refractivity contribution in [2.24, 2.45) is 0 Å². The van der Waals surface area contributed by atoms with Gasteiger partial charge in [-0.25, -0.2) is 0 Å². The SMILES string of the molecule is C[C@H]1c2cccc(C(F)(F)CN3CCOCC3)c2CCN1C(=O)Cc1c(Cl)cccc1Cl.C[C@H]1c2cccc(C(F)(F)COS(=O)(=O)C(F)(F)F)c2CCN1C(=O)Cc1c(Cl)cccc1Cl. The van der Waals surface area contributed by atoms with Crippen LogP contribution in [-0.4, -0.2) is 93.0 Å².